The monoisotopic (exact) mass is 534 g/mol. The van der Waals surface area contributed by atoms with E-state index in [1.807, 2.05) is 18.7 Å². The number of rotatable bonds is 7. The summed E-state index contributed by atoms with van der Waals surface area (Å²) in [7, 11) is 0. The zero-order valence-corrected chi connectivity index (χ0v) is 21.0. The third-order valence-corrected chi connectivity index (χ3v) is 6.96. The molecule has 1 aliphatic heterocycles. The third-order valence-electron chi connectivity index (χ3n) is 6.96. The Kier molecular flexibility index (Phi) is 8.16. The zero-order valence-electron chi connectivity index (χ0n) is 21.0. The van der Waals surface area contributed by atoms with Gasteiger partial charge in [0.25, 0.3) is 5.91 Å². The number of alkyl halides is 3. The standard InChI is InChI=1S/C29H28F6N2O/c1-18(2)37(28(38)20-7-9-24(30)10-8-20)16-22-15-36(14-19-6-11-26(31)27(32)12-19)17-25(22)21-4-3-5-23(13-21)29(33,34)35/h3-13,18,22,25H,14-17H2,1-2H3. The number of hydrogen-bond donors (Lipinski definition) is 0. The number of hydrogen-bond acceptors (Lipinski definition) is 2. The van der Waals surface area contributed by atoms with Crippen molar-refractivity contribution in [1.82, 2.24) is 9.80 Å². The molecule has 0 aromatic heterocycles. The van der Waals surface area contributed by atoms with Crippen LogP contribution in [-0.2, 0) is 12.7 Å². The highest BCUT2D eigenvalue weighted by Crippen LogP contribution is 2.38. The lowest BCUT2D eigenvalue weighted by Crippen LogP contribution is -2.42. The van der Waals surface area contributed by atoms with Gasteiger partial charge in [-0.3, -0.25) is 9.69 Å². The van der Waals surface area contributed by atoms with Crippen LogP contribution in [0.15, 0.2) is 66.7 Å². The van der Waals surface area contributed by atoms with E-state index < -0.39 is 29.2 Å². The Morgan fingerprint density at radius 2 is 1.66 bits per heavy atom. The molecule has 1 heterocycles. The Bertz CT molecular complexity index is 1270. The maximum absolute atomic E-state index is 13.8. The summed E-state index contributed by atoms with van der Waals surface area (Å²) in [5.41, 5.74) is 0.592. The first-order valence-corrected chi connectivity index (χ1v) is 12.3. The lowest BCUT2D eigenvalue weighted by atomic mass is 9.87. The van der Waals surface area contributed by atoms with Crippen LogP contribution in [0.1, 0.15) is 46.8 Å². The predicted octanol–water partition coefficient (Wildman–Crippen LogP) is 6.89. The molecule has 3 aromatic rings. The van der Waals surface area contributed by atoms with E-state index in [9.17, 15) is 31.1 Å². The molecule has 1 fully saturated rings. The van der Waals surface area contributed by atoms with E-state index in [1.165, 1.54) is 36.4 Å². The van der Waals surface area contributed by atoms with Crippen LogP contribution in [0.2, 0.25) is 0 Å². The number of benzene rings is 3. The largest absolute Gasteiger partial charge is 0.416 e. The Morgan fingerprint density at radius 3 is 2.29 bits per heavy atom. The second-order valence-electron chi connectivity index (χ2n) is 9.99. The van der Waals surface area contributed by atoms with Crippen LogP contribution in [0.4, 0.5) is 26.3 Å². The summed E-state index contributed by atoms with van der Waals surface area (Å²) in [5, 5.41) is 0. The molecule has 0 saturated carbocycles. The molecule has 3 aromatic carbocycles. The van der Waals surface area contributed by atoms with Crippen molar-refractivity contribution in [3.05, 3.63) is 106 Å². The predicted molar refractivity (Wildman–Crippen MR) is 132 cm³/mol. The first kappa shape index (κ1) is 27.7. The smallest absolute Gasteiger partial charge is 0.336 e. The number of halogens is 6. The minimum Gasteiger partial charge on any atom is -0.336 e. The fourth-order valence-electron chi connectivity index (χ4n) is 5.03. The van der Waals surface area contributed by atoms with Gasteiger partial charge in [-0.25, -0.2) is 13.2 Å². The molecule has 1 saturated heterocycles. The number of carbonyl (C=O) groups is 1. The maximum atomic E-state index is 13.8. The fourth-order valence-corrected chi connectivity index (χ4v) is 5.03. The summed E-state index contributed by atoms with van der Waals surface area (Å²) in [5.74, 6) is -3.28. The van der Waals surface area contributed by atoms with Crippen molar-refractivity contribution in [1.29, 1.82) is 0 Å². The molecule has 0 aliphatic carbocycles. The Hall–Kier alpha value is -3.33. The third kappa shape index (κ3) is 6.38. The number of likely N-dealkylation sites (tertiary alicyclic amines) is 1. The summed E-state index contributed by atoms with van der Waals surface area (Å²) >= 11 is 0. The quantitative estimate of drug-likeness (QED) is 0.308. The summed E-state index contributed by atoms with van der Waals surface area (Å²) in [4.78, 5) is 16.9. The molecule has 1 amide bonds. The number of nitrogens with zero attached hydrogens (tertiary/aromatic N) is 2. The van der Waals surface area contributed by atoms with Gasteiger partial charge in [-0.1, -0.05) is 24.3 Å². The van der Waals surface area contributed by atoms with Crippen LogP contribution >= 0.6 is 0 Å². The van der Waals surface area contributed by atoms with E-state index in [4.69, 9.17) is 0 Å². The van der Waals surface area contributed by atoms with E-state index in [0.717, 1.165) is 24.3 Å². The van der Waals surface area contributed by atoms with Crippen LogP contribution in [-0.4, -0.2) is 41.4 Å². The van der Waals surface area contributed by atoms with Crippen LogP contribution in [0.3, 0.4) is 0 Å². The van der Waals surface area contributed by atoms with Gasteiger partial charge in [0.2, 0.25) is 0 Å². The van der Waals surface area contributed by atoms with Gasteiger partial charge in [0.05, 0.1) is 5.56 Å². The van der Waals surface area contributed by atoms with Crippen molar-refractivity contribution in [3.63, 3.8) is 0 Å². The minimum absolute atomic E-state index is 0.227. The average Bonchev–Trinajstić information content (AvgIpc) is 3.26. The van der Waals surface area contributed by atoms with Crippen molar-refractivity contribution in [2.24, 2.45) is 5.92 Å². The van der Waals surface area contributed by atoms with Gasteiger partial charge < -0.3 is 4.90 Å². The molecule has 0 N–H and O–H groups in total. The lowest BCUT2D eigenvalue weighted by Gasteiger charge is -2.32. The molecule has 2 unspecified atom stereocenters. The summed E-state index contributed by atoms with van der Waals surface area (Å²) in [6.07, 6.45) is -4.50. The number of carbonyl (C=O) groups excluding carboxylic acids is 1. The minimum atomic E-state index is -4.50. The van der Waals surface area contributed by atoms with Crippen LogP contribution in [0, 0.1) is 23.4 Å². The molecular formula is C29H28F6N2O. The van der Waals surface area contributed by atoms with E-state index in [1.54, 1.807) is 11.0 Å². The summed E-state index contributed by atoms with van der Waals surface area (Å²) < 4.78 is 81.0. The SMILES string of the molecule is CC(C)N(CC1CN(Cc2ccc(F)c(F)c2)CC1c1cccc(C(F)(F)F)c1)C(=O)c1ccc(F)cc1. The molecule has 38 heavy (non-hydrogen) atoms. The van der Waals surface area contributed by atoms with Gasteiger partial charge in [-0.05, 0) is 73.4 Å². The van der Waals surface area contributed by atoms with Crippen molar-refractivity contribution in [3.8, 4) is 0 Å². The van der Waals surface area contributed by atoms with E-state index in [-0.39, 0.29) is 36.9 Å². The van der Waals surface area contributed by atoms with Crippen LogP contribution < -0.4 is 0 Å². The molecule has 0 radical (unpaired) electrons. The van der Waals surface area contributed by atoms with Crippen LogP contribution in [0.25, 0.3) is 0 Å². The summed E-state index contributed by atoms with van der Waals surface area (Å²) in [6, 6.07) is 13.8. The van der Waals surface area contributed by atoms with Crippen molar-refractivity contribution < 1.29 is 31.1 Å². The zero-order chi connectivity index (χ0) is 27.6. The van der Waals surface area contributed by atoms with E-state index in [0.29, 0.717) is 29.8 Å². The molecule has 202 valence electrons. The Balaban J connectivity index is 1.63. The topological polar surface area (TPSA) is 23.6 Å². The molecule has 2 atom stereocenters. The average molecular weight is 535 g/mol. The van der Waals surface area contributed by atoms with Gasteiger partial charge in [0.15, 0.2) is 11.6 Å². The van der Waals surface area contributed by atoms with Gasteiger partial charge in [-0.15, -0.1) is 0 Å². The van der Waals surface area contributed by atoms with Gasteiger partial charge in [-0.2, -0.15) is 13.2 Å². The molecule has 0 bridgehead atoms. The lowest BCUT2D eigenvalue weighted by molar-refractivity contribution is -0.137. The fraction of sp³-hybridized carbons (Fsp3) is 0.345. The Labute approximate surface area is 217 Å². The molecule has 3 nitrogen and oxygen atoms in total. The highest BCUT2D eigenvalue weighted by atomic mass is 19.4. The molecular weight excluding hydrogens is 506 g/mol. The van der Waals surface area contributed by atoms with Gasteiger partial charge in [0.1, 0.15) is 5.82 Å². The molecule has 9 heteroatoms. The van der Waals surface area contributed by atoms with E-state index >= 15 is 0 Å². The van der Waals surface area contributed by atoms with Crippen LogP contribution in [0.5, 0.6) is 0 Å². The molecule has 1 aliphatic rings. The van der Waals surface area contributed by atoms with Crippen molar-refractivity contribution >= 4 is 5.91 Å². The van der Waals surface area contributed by atoms with Gasteiger partial charge in [0, 0.05) is 43.7 Å². The van der Waals surface area contributed by atoms with Gasteiger partial charge >= 0.3 is 6.18 Å². The first-order chi connectivity index (χ1) is 17.9. The normalized spacial score (nSPS) is 18.2. The van der Waals surface area contributed by atoms with Crippen molar-refractivity contribution in [2.45, 2.75) is 38.5 Å². The summed E-state index contributed by atoms with van der Waals surface area (Å²) in [6.45, 7) is 5.02. The maximum Gasteiger partial charge on any atom is 0.416 e. The first-order valence-electron chi connectivity index (χ1n) is 12.3. The number of amides is 1. The second-order valence-corrected chi connectivity index (χ2v) is 9.99. The Morgan fingerprint density at radius 1 is 0.947 bits per heavy atom. The molecule has 4 rings (SSSR count). The second kappa shape index (κ2) is 11.2. The highest BCUT2D eigenvalue weighted by molar-refractivity contribution is 5.94. The molecule has 0 spiro atoms. The highest BCUT2D eigenvalue weighted by Gasteiger charge is 2.38. The van der Waals surface area contributed by atoms with Crippen molar-refractivity contribution in [2.75, 3.05) is 19.6 Å². The van der Waals surface area contributed by atoms with E-state index in [2.05, 4.69) is 0 Å².